The van der Waals surface area contributed by atoms with Crippen molar-refractivity contribution in [3.63, 3.8) is 0 Å². The predicted octanol–water partition coefficient (Wildman–Crippen LogP) is 2.49. The van der Waals surface area contributed by atoms with Crippen molar-refractivity contribution >= 4 is 11.4 Å². The van der Waals surface area contributed by atoms with Gasteiger partial charge in [0.2, 0.25) is 0 Å². The number of hydrogen-bond acceptors (Lipinski definition) is 5. The molecule has 0 radical (unpaired) electrons. The minimum atomic E-state index is -0.535. The van der Waals surface area contributed by atoms with Gasteiger partial charge in [0.15, 0.2) is 5.76 Å². The van der Waals surface area contributed by atoms with Crippen LogP contribution in [0.2, 0.25) is 0 Å². The number of pyridine rings is 1. The standard InChI is InChI=1S/C14H8F2N4O/c15-10-1-2-13(18-7-10)14-8-20(19-21-14)12-4-9(6-17)3-11(16)5-12/h1-5,7-8,19H. The fraction of sp³-hybridized carbons (Fsp3) is 0. The highest BCUT2D eigenvalue weighted by molar-refractivity contribution is 5.64. The number of rotatable bonds is 2. The molecule has 21 heavy (non-hydrogen) atoms. The number of nitrogens with zero attached hydrogens (tertiary/aromatic N) is 3. The molecule has 0 saturated carbocycles. The molecule has 5 nitrogen and oxygen atoms in total. The first-order chi connectivity index (χ1) is 10.2. The summed E-state index contributed by atoms with van der Waals surface area (Å²) in [6.45, 7) is 0. The van der Waals surface area contributed by atoms with Crippen molar-refractivity contribution in [2.24, 2.45) is 0 Å². The Bertz CT molecular complexity index is 753. The molecule has 0 saturated heterocycles. The van der Waals surface area contributed by atoms with Gasteiger partial charge in [-0.05, 0) is 30.3 Å². The Labute approximate surface area is 118 Å². The van der Waals surface area contributed by atoms with Crippen LogP contribution in [0.4, 0.5) is 14.5 Å². The molecule has 1 aliphatic rings. The molecule has 1 N–H and O–H groups in total. The highest BCUT2D eigenvalue weighted by Crippen LogP contribution is 2.24. The molecule has 0 unspecified atom stereocenters. The van der Waals surface area contributed by atoms with Gasteiger partial charge in [-0.3, -0.25) is 0 Å². The summed E-state index contributed by atoms with van der Waals surface area (Å²) in [5, 5.41) is 10.2. The summed E-state index contributed by atoms with van der Waals surface area (Å²) in [4.78, 5) is 9.08. The number of anilines is 1. The topological polar surface area (TPSA) is 61.2 Å². The van der Waals surface area contributed by atoms with Gasteiger partial charge in [0.25, 0.3) is 0 Å². The van der Waals surface area contributed by atoms with E-state index in [4.69, 9.17) is 10.1 Å². The van der Waals surface area contributed by atoms with Gasteiger partial charge in [-0.2, -0.15) is 5.26 Å². The molecular formula is C14H8F2N4O. The maximum absolute atomic E-state index is 13.4. The second-order valence-electron chi connectivity index (χ2n) is 4.23. The van der Waals surface area contributed by atoms with Gasteiger partial charge in [0, 0.05) is 0 Å². The lowest BCUT2D eigenvalue weighted by molar-refractivity contribution is 0.179. The van der Waals surface area contributed by atoms with Gasteiger partial charge in [-0.15, -0.1) is 0 Å². The van der Waals surface area contributed by atoms with Gasteiger partial charge in [-0.25, -0.2) is 18.8 Å². The Morgan fingerprint density at radius 2 is 2.05 bits per heavy atom. The molecule has 3 rings (SSSR count). The molecule has 0 atom stereocenters. The highest BCUT2D eigenvalue weighted by Gasteiger charge is 2.18. The second kappa shape index (κ2) is 5.19. The minimum absolute atomic E-state index is 0.188. The Morgan fingerprint density at radius 3 is 2.76 bits per heavy atom. The maximum Gasteiger partial charge on any atom is 0.192 e. The number of hydrogen-bond donors (Lipinski definition) is 1. The number of halogens is 2. The van der Waals surface area contributed by atoms with Gasteiger partial charge in [0.05, 0.1) is 29.7 Å². The first-order valence-corrected chi connectivity index (χ1v) is 5.92. The smallest absolute Gasteiger partial charge is 0.192 e. The summed E-state index contributed by atoms with van der Waals surface area (Å²) < 4.78 is 26.2. The van der Waals surface area contributed by atoms with E-state index in [0.29, 0.717) is 17.1 Å². The molecule has 0 aliphatic carbocycles. The van der Waals surface area contributed by atoms with E-state index in [2.05, 4.69) is 10.6 Å². The van der Waals surface area contributed by atoms with Crippen LogP contribution < -0.4 is 10.6 Å². The van der Waals surface area contributed by atoms with E-state index in [9.17, 15) is 8.78 Å². The fourth-order valence-corrected chi connectivity index (χ4v) is 1.81. The molecule has 2 aromatic rings. The van der Waals surface area contributed by atoms with Gasteiger partial charge >= 0.3 is 0 Å². The third-order valence-electron chi connectivity index (χ3n) is 2.77. The molecule has 104 valence electrons. The summed E-state index contributed by atoms with van der Waals surface area (Å²) >= 11 is 0. The molecular weight excluding hydrogens is 278 g/mol. The fourth-order valence-electron chi connectivity index (χ4n) is 1.81. The Hall–Kier alpha value is -2.98. The van der Waals surface area contributed by atoms with Crippen LogP contribution in [0.1, 0.15) is 11.3 Å². The van der Waals surface area contributed by atoms with E-state index in [1.165, 1.54) is 35.5 Å². The highest BCUT2D eigenvalue weighted by atomic mass is 19.1. The Kier molecular flexibility index (Phi) is 3.22. The van der Waals surface area contributed by atoms with Crippen LogP contribution in [0.3, 0.4) is 0 Å². The monoisotopic (exact) mass is 286 g/mol. The van der Waals surface area contributed by atoms with E-state index in [1.54, 1.807) is 0 Å². The first kappa shape index (κ1) is 13.0. The average molecular weight is 286 g/mol. The summed E-state index contributed by atoms with van der Waals surface area (Å²) in [6.07, 6.45) is 2.59. The quantitative estimate of drug-likeness (QED) is 0.919. The number of hydrazine groups is 1. The summed E-state index contributed by atoms with van der Waals surface area (Å²) in [6, 6.07) is 8.46. The molecule has 0 bridgehead atoms. The van der Waals surface area contributed by atoms with Crippen molar-refractivity contribution in [3.8, 4) is 6.07 Å². The van der Waals surface area contributed by atoms with E-state index in [0.717, 1.165) is 12.3 Å². The van der Waals surface area contributed by atoms with Crippen molar-refractivity contribution in [2.45, 2.75) is 0 Å². The summed E-state index contributed by atoms with van der Waals surface area (Å²) in [7, 11) is 0. The Balaban J connectivity index is 1.90. The van der Waals surface area contributed by atoms with Crippen LogP contribution in [0.15, 0.2) is 42.7 Å². The van der Waals surface area contributed by atoms with Crippen LogP contribution in [0.25, 0.3) is 5.76 Å². The Morgan fingerprint density at radius 1 is 1.19 bits per heavy atom. The summed E-state index contributed by atoms with van der Waals surface area (Å²) in [5.41, 5.74) is 3.55. The van der Waals surface area contributed by atoms with E-state index in [1.807, 2.05) is 6.07 Å². The normalized spacial score (nSPS) is 13.6. The zero-order valence-electron chi connectivity index (χ0n) is 10.5. The molecule has 0 amide bonds. The zero-order chi connectivity index (χ0) is 14.8. The number of aromatic nitrogens is 1. The third-order valence-corrected chi connectivity index (χ3v) is 2.77. The predicted molar refractivity (Wildman–Crippen MR) is 70.0 cm³/mol. The number of benzene rings is 1. The lowest BCUT2D eigenvalue weighted by Gasteiger charge is -2.13. The van der Waals surface area contributed by atoms with Crippen LogP contribution in [-0.4, -0.2) is 4.98 Å². The molecule has 1 aliphatic heterocycles. The lowest BCUT2D eigenvalue weighted by atomic mass is 10.2. The first-order valence-electron chi connectivity index (χ1n) is 5.92. The number of nitrogens with one attached hydrogen (secondary N) is 1. The maximum atomic E-state index is 13.4. The molecule has 2 heterocycles. The average Bonchev–Trinajstić information content (AvgIpc) is 2.97. The van der Waals surface area contributed by atoms with E-state index >= 15 is 0 Å². The van der Waals surface area contributed by atoms with Crippen molar-refractivity contribution in [1.82, 2.24) is 10.6 Å². The summed E-state index contributed by atoms with van der Waals surface area (Å²) in [5.74, 6) is -0.642. The van der Waals surface area contributed by atoms with E-state index in [-0.39, 0.29) is 5.56 Å². The zero-order valence-corrected chi connectivity index (χ0v) is 10.5. The molecule has 7 heteroatoms. The number of nitriles is 1. The van der Waals surface area contributed by atoms with Crippen molar-refractivity contribution in [2.75, 3.05) is 5.01 Å². The van der Waals surface area contributed by atoms with Crippen LogP contribution in [0, 0.1) is 23.0 Å². The minimum Gasteiger partial charge on any atom is -0.385 e. The van der Waals surface area contributed by atoms with Crippen molar-refractivity contribution in [3.05, 3.63) is 65.6 Å². The van der Waals surface area contributed by atoms with Crippen molar-refractivity contribution < 1.29 is 13.6 Å². The molecule has 1 aromatic carbocycles. The van der Waals surface area contributed by atoms with Gasteiger partial charge in [0.1, 0.15) is 17.3 Å². The van der Waals surface area contributed by atoms with Gasteiger partial charge in [-0.1, -0.05) is 5.59 Å². The molecule has 1 aromatic heterocycles. The van der Waals surface area contributed by atoms with E-state index < -0.39 is 11.6 Å². The lowest BCUT2D eigenvalue weighted by Crippen LogP contribution is -2.27. The van der Waals surface area contributed by atoms with Crippen LogP contribution >= 0.6 is 0 Å². The molecule has 0 fully saturated rings. The van der Waals surface area contributed by atoms with Crippen LogP contribution in [0.5, 0.6) is 0 Å². The van der Waals surface area contributed by atoms with Crippen molar-refractivity contribution in [1.29, 1.82) is 5.26 Å². The van der Waals surface area contributed by atoms with Gasteiger partial charge < -0.3 is 4.84 Å². The van der Waals surface area contributed by atoms with Crippen LogP contribution in [-0.2, 0) is 4.84 Å². The third kappa shape index (κ3) is 2.66. The second-order valence-corrected chi connectivity index (χ2v) is 4.23. The largest absolute Gasteiger partial charge is 0.385 e. The molecule has 0 spiro atoms. The SMILES string of the molecule is N#Cc1cc(F)cc(N2C=C(c3ccc(F)cn3)ON2)c1.